The second-order valence-corrected chi connectivity index (χ2v) is 4.12. The lowest BCUT2D eigenvalue weighted by atomic mass is 10.2. The van der Waals surface area contributed by atoms with Crippen molar-refractivity contribution >= 4 is 0 Å². The number of aromatic nitrogens is 2. The van der Waals surface area contributed by atoms with Gasteiger partial charge in [0.1, 0.15) is 0 Å². The molecule has 1 aromatic rings. The van der Waals surface area contributed by atoms with E-state index in [0.29, 0.717) is 0 Å². The number of hydrogen-bond donors (Lipinski definition) is 2. The van der Waals surface area contributed by atoms with Crippen LogP contribution in [-0.4, -0.2) is 16.7 Å². The first kappa shape index (κ1) is 8.75. The summed E-state index contributed by atoms with van der Waals surface area (Å²) in [5.74, 6) is 1.87. The van der Waals surface area contributed by atoms with Gasteiger partial charge in [0, 0.05) is 17.8 Å². The molecule has 2 rings (SSSR count). The van der Waals surface area contributed by atoms with E-state index >= 15 is 0 Å². The van der Waals surface area contributed by atoms with Crippen molar-refractivity contribution < 1.29 is 0 Å². The fourth-order valence-corrected chi connectivity index (χ4v) is 1.63. The first-order chi connectivity index (χ1) is 6.27. The molecular weight excluding hydrogens is 162 g/mol. The highest BCUT2D eigenvalue weighted by atomic mass is 15.1. The molecule has 0 saturated heterocycles. The lowest BCUT2D eigenvalue weighted by Crippen LogP contribution is -2.16. The van der Waals surface area contributed by atoms with Crippen LogP contribution in [0.4, 0.5) is 0 Å². The highest BCUT2D eigenvalue weighted by Crippen LogP contribution is 2.36. The van der Waals surface area contributed by atoms with Gasteiger partial charge in [-0.15, -0.1) is 0 Å². The molecule has 2 N–H and O–H groups in total. The Hall–Kier alpha value is -0.830. The van der Waals surface area contributed by atoms with Crippen molar-refractivity contribution in [3.05, 3.63) is 17.5 Å². The molecular formula is C10H17N3. The fourth-order valence-electron chi connectivity index (χ4n) is 1.63. The zero-order valence-corrected chi connectivity index (χ0v) is 8.30. The Kier molecular flexibility index (Phi) is 2.36. The molecule has 1 aromatic heterocycles. The minimum absolute atomic E-state index is 0.923. The van der Waals surface area contributed by atoms with Gasteiger partial charge in [-0.25, -0.2) is 0 Å². The predicted octanol–water partition coefficient (Wildman–Crippen LogP) is 1.46. The number of H-pyrrole nitrogens is 1. The number of hydrogen-bond acceptors (Lipinski definition) is 2. The van der Waals surface area contributed by atoms with Gasteiger partial charge in [-0.3, -0.25) is 5.10 Å². The monoisotopic (exact) mass is 179 g/mol. The zero-order chi connectivity index (χ0) is 9.26. The van der Waals surface area contributed by atoms with E-state index in [1.165, 1.54) is 17.7 Å². The summed E-state index contributed by atoms with van der Waals surface area (Å²) in [6.07, 6.45) is 3.30. The summed E-state index contributed by atoms with van der Waals surface area (Å²) in [5.41, 5.74) is 2.46. The topological polar surface area (TPSA) is 40.7 Å². The van der Waals surface area contributed by atoms with Crippen LogP contribution in [0.15, 0.2) is 6.20 Å². The lowest BCUT2D eigenvalue weighted by Gasteiger charge is -2.01. The van der Waals surface area contributed by atoms with E-state index in [2.05, 4.69) is 29.4 Å². The molecule has 2 atom stereocenters. The van der Waals surface area contributed by atoms with Gasteiger partial charge in [-0.1, -0.05) is 6.92 Å². The maximum atomic E-state index is 3.99. The Labute approximate surface area is 78.9 Å². The minimum Gasteiger partial charge on any atom is -0.312 e. The summed E-state index contributed by atoms with van der Waals surface area (Å²) in [7, 11) is 0. The summed E-state index contributed by atoms with van der Waals surface area (Å²) in [6, 6.07) is 0. The number of nitrogens with zero attached hydrogens (tertiary/aromatic N) is 1. The highest BCUT2D eigenvalue weighted by molar-refractivity contribution is 5.13. The van der Waals surface area contributed by atoms with Gasteiger partial charge in [0.25, 0.3) is 0 Å². The minimum atomic E-state index is 0.923. The van der Waals surface area contributed by atoms with Crippen molar-refractivity contribution in [2.75, 3.05) is 6.54 Å². The maximum absolute atomic E-state index is 3.99. The Morgan fingerprint density at radius 3 is 3.00 bits per heavy atom. The van der Waals surface area contributed by atoms with Crippen molar-refractivity contribution in [3.63, 3.8) is 0 Å². The SMILES string of the molecule is Cc1[nH]ncc1CNCC1CC1C. The third-order valence-corrected chi connectivity index (χ3v) is 2.93. The van der Waals surface area contributed by atoms with E-state index in [4.69, 9.17) is 0 Å². The summed E-state index contributed by atoms with van der Waals surface area (Å²) in [5, 5.41) is 10.4. The average molecular weight is 179 g/mol. The Morgan fingerprint density at radius 2 is 2.46 bits per heavy atom. The van der Waals surface area contributed by atoms with E-state index in [1.807, 2.05) is 6.20 Å². The molecule has 1 aliphatic carbocycles. The van der Waals surface area contributed by atoms with Gasteiger partial charge in [0.15, 0.2) is 0 Å². The van der Waals surface area contributed by atoms with Gasteiger partial charge in [0.05, 0.1) is 6.20 Å². The van der Waals surface area contributed by atoms with Crippen LogP contribution in [0.2, 0.25) is 0 Å². The number of rotatable bonds is 4. The second-order valence-electron chi connectivity index (χ2n) is 4.12. The molecule has 0 spiro atoms. The molecule has 1 aliphatic rings. The van der Waals surface area contributed by atoms with Crippen molar-refractivity contribution in [1.82, 2.24) is 15.5 Å². The molecule has 72 valence electrons. The summed E-state index contributed by atoms with van der Waals surface area (Å²) in [6.45, 7) is 6.48. The number of nitrogens with one attached hydrogen (secondary N) is 2. The summed E-state index contributed by atoms with van der Waals surface area (Å²) in [4.78, 5) is 0. The molecule has 1 heterocycles. The Balaban J connectivity index is 1.71. The third-order valence-electron chi connectivity index (χ3n) is 2.93. The molecule has 0 radical (unpaired) electrons. The fraction of sp³-hybridized carbons (Fsp3) is 0.700. The van der Waals surface area contributed by atoms with Crippen LogP contribution in [0, 0.1) is 18.8 Å². The van der Waals surface area contributed by atoms with Crippen LogP contribution >= 0.6 is 0 Å². The van der Waals surface area contributed by atoms with Crippen molar-refractivity contribution in [3.8, 4) is 0 Å². The van der Waals surface area contributed by atoms with Crippen molar-refractivity contribution in [2.45, 2.75) is 26.8 Å². The third kappa shape index (κ3) is 2.10. The molecule has 0 aliphatic heterocycles. The van der Waals surface area contributed by atoms with Crippen LogP contribution in [0.3, 0.4) is 0 Å². The lowest BCUT2D eigenvalue weighted by molar-refractivity contribution is 0.611. The number of aromatic amines is 1. The van der Waals surface area contributed by atoms with E-state index in [9.17, 15) is 0 Å². The number of aryl methyl sites for hydroxylation is 1. The molecule has 1 saturated carbocycles. The van der Waals surface area contributed by atoms with Crippen LogP contribution in [0.25, 0.3) is 0 Å². The summed E-state index contributed by atoms with van der Waals surface area (Å²) < 4.78 is 0. The molecule has 3 nitrogen and oxygen atoms in total. The maximum Gasteiger partial charge on any atom is 0.0535 e. The zero-order valence-electron chi connectivity index (χ0n) is 8.30. The first-order valence-electron chi connectivity index (χ1n) is 4.97. The Bertz CT molecular complexity index is 279. The van der Waals surface area contributed by atoms with Gasteiger partial charge < -0.3 is 5.32 Å². The quantitative estimate of drug-likeness (QED) is 0.734. The predicted molar refractivity (Wildman–Crippen MR) is 52.3 cm³/mol. The van der Waals surface area contributed by atoms with Crippen LogP contribution in [0.5, 0.6) is 0 Å². The van der Waals surface area contributed by atoms with Crippen LogP contribution in [-0.2, 0) is 6.54 Å². The van der Waals surface area contributed by atoms with Gasteiger partial charge in [-0.2, -0.15) is 5.10 Å². The van der Waals surface area contributed by atoms with E-state index in [0.717, 1.165) is 24.9 Å². The summed E-state index contributed by atoms with van der Waals surface area (Å²) >= 11 is 0. The first-order valence-corrected chi connectivity index (χ1v) is 4.97. The van der Waals surface area contributed by atoms with E-state index in [-0.39, 0.29) is 0 Å². The smallest absolute Gasteiger partial charge is 0.0535 e. The highest BCUT2D eigenvalue weighted by Gasteiger charge is 2.31. The molecule has 13 heavy (non-hydrogen) atoms. The molecule has 0 aromatic carbocycles. The molecule has 1 fully saturated rings. The van der Waals surface area contributed by atoms with Crippen LogP contribution in [0.1, 0.15) is 24.6 Å². The second kappa shape index (κ2) is 3.50. The van der Waals surface area contributed by atoms with Crippen molar-refractivity contribution in [2.24, 2.45) is 11.8 Å². The largest absolute Gasteiger partial charge is 0.312 e. The van der Waals surface area contributed by atoms with Gasteiger partial charge >= 0.3 is 0 Å². The van der Waals surface area contributed by atoms with Crippen molar-refractivity contribution in [1.29, 1.82) is 0 Å². The molecule has 2 unspecified atom stereocenters. The van der Waals surface area contributed by atoms with Gasteiger partial charge in [0.2, 0.25) is 0 Å². The normalized spacial score (nSPS) is 26.3. The molecule has 0 amide bonds. The van der Waals surface area contributed by atoms with E-state index in [1.54, 1.807) is 0 Å². The standard InChI is InChI=1S/C10H17N3/c1-7-3-9(7)4-11-5-10-6-12-13-8(10)2/h6-7,9,11H,3-5H2,1-2H3,(H,12,13). The van der Waals surface area contributed by atoms with Gasteiger partial charge in [-0.05, 0) is 31.7 Å². The van der Waals surface area contributed by atoms with E-state index < -0.39 is 0 Å². The average Bonchev–Trinajstić information content (AvgIpc) is 2.63. The molecule has 3 heteroatoms. The molecule has 0 bridgehead atoms. The van der Waals surface area contributed by atoms with Crippen LogP contribution < -0.4 is 5.32 Å². The Morgan fingerprint density at radius 1 is 1.69 bits per heavy atom.